The standard InChI is InChI=1S/C31H39N3O4S/c1-3-17-32(24-26-11-7-5-8-12-26)30-16-15-28(39(36,37)34-19-21-38-22-20-34)23-29(30)31(35)33(18-4-2)25-27-13-9-6-10-14-27/h5-16,23H,3-4,17-22,24-25H2,1-2H3. The summed E-state index contributed by atoms with van der Waals surface area (Å²) in [5, 5.41) is 0. The molecule has 1 amide bonds. The van der Waals surface area contributed by atoms with Gasteiger partial charge in [0.15, 0.2) is 0 Å². The zero-order chi connectivity index (χ0) is 27.7. The summed E-state index contributed by atoms with van der Waals surface area (Å²) in [6, 6.07) is 25.1. The number of amides is 1. The lowest BCUT2D eigenvalue weighted by molar-refractivity contribution is 0.0729. The van der Waals surface area contributed by atoms with E-state index in [4.69, 9.17) is 4.74 Å². The van der Waals surface area contributed by atoms with E-state index in [9.17, 15) is 13.2 Å². The van der Waals surface area contributed by atoms with Crippen LogP contribution < -0.4 is 4.90 Å². The summed E-state index contributed by atoms with van der Waals surface area (Å²) in [6.07, 6.45) is 1.68. The third kappa shape index (κ3) is 7.26. The molecule has 1 heterocycles. The quantitative estimate of drug-likeness (QED) is 0.312. The summed E-state index contributed by atoms with van der Waals surface area (Å²) in [5.41, 5.74) is 3.33. The van der Waals surface area contributed by atoms with Gasteiger partial charge in [-0.25, -0.2) is 8.42 Å². The molecule has 1 aliphatic heterocycles. The second-order valence-corrected chi connectivity index (χ2v) is 11.8. The van der Waals surface area contributed by atoms with Gasteiger partial charge in [-0.3, -0.25) is 4.79 Å². The zero-order valence-electron chi connectivity index (χ0n) is 23.0. The van der Waals surface area contributed by atoms with Crippen LogP contribution in [0.3, 0.4) is 0 Å². The van der Waals surface area contributed by atoms with Crippen LogP contribution in [-0.2, 0) is 27.8 Å². The largest absolute Gasteiger partial charge is 0.379 e. The van der Waals surface area contributed by atoms with Gasteiger partial charge in [-0.1, -0.05) is 74.5 Å². The molecule has 0 bridgehead atoms. The Kier molecular flexibility index (Phi) is 10.1. The van der Waals surface area contributed by atoms with Crippen molar-refractivity contribution in [3.63, 3.8) is 0 Å². The molecule has 0 N–H and O–H groups in total. The van der Waals surface area contributed by atoms with Crippen molar-refractivity contribution in [3.05, 3.63) is 95.6 Å². The number of morpholine rings is 1. The smallest absolute Gasteiger partial charge is 0.256 e. The lowest BCUT2D eigenvalue weighted by atomic mass is 10.1. The van der Waals surface area contributed by atoms with Gasteiger partial charge >= 0.3 is 0 Å². The Labute approximate surface area is 233 Å². The minimum Gasteiger partial charge on any atom is -0.379 e. The van der Waals surface area contributed by atoms with Crippen LogP contribution >= 0.6 is 0 Å². The van der Waals surface area contributed by atoms with Crippen LogP contribution in [0.1, 0.15) is 48.2 Å². The molecule has 7 nitrogen and oxygen atoms in total. The number of hydrogen-bond acceptors (Lipinski definition) is 5. The second-order valence-electron chi connectivity index (χ2n) is 9.81. The highest BCUT2D eigenvalue weighted by Gasteiger charge is 2.30. The Balaban J connectivity index is 1.78. The van der Waals surface area contributed by atoms with Gasteiger partial charge in [0.2, 0.25) is 10.0 Å². The molecule has 3 aromatic carbocycles. The lowest BCUT2D eigenvalue weighted by Crippen LogP contribution is -2.40. The Bertz CT molecular complexity index is 1310. The molecule has 1 fully saturated rings. The summed E-state index contributed by atoms with van der Waals surface area (Å²) in [6.45, 7) is 7.88. The normalized spacial score (nSPS) is 14.2. The number of ether oxygens (including phenoxy) is 1. The van der Waals surface area contributed by atoms with Crippen molar-refractivity contribution in [2.24, 2.45) is 0 Å². The first-order valence-corrected chi connectivity index (χ1v) is 15.2. The van der Waals surface area contributed by atoms with Crippen molar-refractivity contribution in [1.29, 1.82) is 0 Å². The van der Waals surface area contributed by atoms with E-state index in [1.54, 1.807) is 12.1 Å². The first-order chi connectivity index (χ1) is 18.9. The van der Waals surface area contributed by atoms with Crippen LogP contribution in [0.2, 0.25) is 0 Å². The van der Waals surface area contributed by atoms with Crippen LogP contribution in [0.5, 0.6) is 0 Å². The van der Waals surface area contributed by atoms with Crippen molar-refractivity contribution in [2.45, 2.75) is 44.7 Å². The van der Waals surface area contributed by atoms with E-state index in [-0.39, 0.29) is 10.8 Å². The van der Waals surface area contributed by atoms with Gasteiger partial charge in [-0.05, 0) is 42.2 Å². The van der Waals surface area contributed by atoms with Crippen LogP contribution in [0.25, 0.3) is 0 Å². The molecule has 4 rings (SSSR count). The van der Waals surface area contributed by atoms with Crippen LogP contribution in [0, 0.1) is 0 Å². The van der Waals surface area contributed by atoms with Gasteiger partial charge in [0.1, 0.15) is 0 Å². The third-order valence-corrected chi connectivity index (χ3v) is 8.75. The molecule has 208 valence electrons. The van der Waals surface area contributed by atoms with E-state index in [2.05, 4.69) is 24.0 Å². The summed E-state index contributed by atoms with van der Waals surface area (Å²) in [7, 11) is -3.76. The highest BCUT2D eigenvalue weighted by atomic mass is 32.2. The lowest BCUT2D eigenvalue weighted by Gasteiger charge is -2.30. The van der Waals surface area contributed by atoms with Crippen molar-refractivity contribution < 1.29 is 17.9 Å². The molecule has 0 aliphatic carbocycles. The number of benzene rings is 3. The minimum atomic E-state index is -3.76. The molecule has 0 spiro atoms. The molecule has 0 unspecified atom stereocenters. The molecule has 0 saturated carbocycles. The maximum Gasteiger partial charge on any atom is 0.256 e. The molecule has 8 heteroatoms. The predicted octanol–water partition coefficient (Wildman–Crippen LogP) is 5.18. The molecule has 0 atom stereocenters. The first kappa shape index (κ1) is 28.8. The van der Waals surface area contributed by atoms with Gasteiger partial charge in [0, 0.05) is 45.0 Å². The number of anilines is 1. The monoisotopic (exact) mass is 549 g/mol. The molecule has 39 heavy (non-hydrogen) atoms. The average Bonchev–Trinajstić information content (AvgIpc) is 2.97. The average molecular weight is 550 g/mol. The van der Waals surface area contributed by atoms with Gasteiger partial charge in [0.25, 0.3) is 5.91 Å². The Morgan fingerprint density at radius 2 is 1.41 bits per heavy atom. The van der Waals surface area contributed by atoms with E-state index < -0.39 is 10.0 Å². The van der Waals surface area contributed by atoms with E-state index >= 15 is 0 Å². The van der Waals surface area contributed by atoms with E-state index in [1.165, 1.54) is 4.31 Å². The van der Waals surface area contributed by atoms with Gasteiger partial charge in [0.05, 0.1) is 23.7 Å². The summed E-state index contributed by atoms with van der Waals surface area (Å²) >= 11 is 0. The minimum absolute atomic E-state index is 0.142. The molecular formula is C31H39N3O4S. The van der Waals surface area contributed by atoms with Gasteiger partial charge in [-0.15, -0.1) is 0 Å². The molecule has 3 aromatic rings. The van der Waals surface area contributed by atoms with Gasteiger partial charge < -0.3 is 14.5 Å². The summed E-state index contributed by atoms with van der Waals surface area (Å²) in [5.74, 6) is -0.163. The zero-order valence-corrected chi connectivity index (χ0v) is 23.8. The topological polar surface area (TPSA) is 70.2 Å². The molecular weight excluding hydrogens is 510 g/mol. The maximum absolute atomic E-state index is 14.2. The number of nitrogens with zero attached hydrogens (tertiary/aromatic N) is 3. The third-order valence-electron chi connectivity index (χ3n) is 6.85. The number of carbonyl (C=O) groups is 1. The van der Waals surface area contributed by atoms with Gasteiger partial charge in [-0.2, -0.15) is 4.31 Å². The number of carbonyl (C=O) groups excluding carboxylic acids is 1. The molecule has 1 aliphatic rings. The first-order valence-electron chi connectivity index (χ1n) is 13.8. The highest BCUT2D eigenvalue weighted by Crippen LogP contribution is 2.29. The fraction of sp³-hybridized carbons (Fsp3) is 0.387. The number of hydrogen-bond donors (Lipinski definition) is 0. The van der Waals surface area contributed by atoms with E-state index in [0.29, 0.717) is 51.5 Å². The maximum atomic E-state index is 14.2. The van der Waals surface area contributed by atoms with Crippen LogP contribution in [-0.4, -0.2) is 62.9 Å². The highest BCUT2D eigenvalue weighted by molar-refractivity contribution is 7.89. The molecule has 0 aromatic heterocycles. The molecule has 0 radical (unpaired) electrons. The fourth-order valence-corrected chi connectivity index (χ4v) is 6.35. The summed E-state index contributed by atoms with van der Waals surface area (Å²) in [4.78, 5) is 18.4. The SMILES string of the molecule is CCCN(Cc1ccccc1)C(=O)c1cc(S(=O)(=O)N2CCOCC2)ccc1N(CCC)Cc1ccccc1. The van der Waals surface area contributed by atoms with Crippen molar-refractivity contribution >= 4 is 21.6 Å². The number of rotatable bonds is 12. The van der Waals surface area contributed by atoms with Crippen molar-refractivity contribution in [2.75, 3.05) is 44.3 Å². The van der Waals surface area contributed by atoms with Crippen LogP contribution in [0.4, 0.5) is 5.69 Å². The Morgan fingerprint density at radius 1 is 0.821 bits per heavy atom. The van der Waals surface area contributed by atoms with Crippen molar-refractivity contribution in [3.8, 4) is 0 Å². The van der Waals surface area contributed by atoms with E-state index in [0.717, 1.165) is 36.2 Å². The second kappa shape index (κ2) is 13.7. The van der Waals surface area contributed by atoms with E-state index in [1.807, 2.05) is 66.4 Å². The van der Waals surface area contributed by atoms with Crippen LogP contribution in [0.15, 0.2) is 83.8 Å². The number of sulfonamides is 1. The summed E-state index contributed by atoms with van der Waals surface area (Å²) < 4.78 is 34.0. The predicted molar refractivity (Wildman–Crippen MR) is 155 cm³/mol. The Hall–Kier alpha value is -3.20. The Morgan fingerprint density at radius 3 is 2.00 bits per heavy atom. The van der Waals surface area contributed by atoms with Crippen molar-refractivity contribution in [1.82, 2.24) is 9.21 Å². The fourth-order valence-electron chi connectivity index (χ4n) is 4.91. The molecule has 1 saturated heterocycles.